The molecule has 47 heavy (non-hydrogen) atoms. The molecule has 1 aliphatic heterocycles. The number of amides is 2. The van der Waals surface area contributed by atoms with Gasteiger partial charge in [-0.1, -0.05) is 62.4 Å². The lowest BCUT2D eigenvalue weighted by atomic mass is 10.0. The van der Waals surface area contributed by atoms with Crippen LogP contribution in [0.15, 0.2) is 83.8 Å². The molecule has 0 bridgehead atoms. The van der Waals surface area contributed by atoms with Crippen LogP contribution in [-0.4, -0.2) is 79.2 Å². The summed E-state index contributed by atoms with van der Waals surface area (Å²) in [4.78, 5) is 27.0. The van der Waals surface area contributed by atoms with Gasteiger partial charge in [-0.15, -0.1) is 13.2 Å². The molecule has 0 unspecified atom stereocenters. The number of sulfonamides is 1. The largest absolute Gasteiger partial charge is 0.573 e. The van der Waals surface area contributed by atoms with Gasteiger partial charge in [-0.25, -0.2) is 13.2 Å². The second-order valence-electron chi connectivity index (χ2n) is 11.4. The molecule has 0 aromatic heterocycles. The van der Waals surface area contributed by atoms with Crippen molar-refractivity contribution in [2.45, 2.75) is 56.4 Å². The van der Waals surface area contributed by atoms with Crippen LogP contribution in [0.4, 0.5) is 23.7 Å². The van der Waals surface area contributed by atoms with E-state index in [0.29, 0.717) is 5.56 Å². The van der Waals surface area contributed by atoms with Crippen molar-refractivity contribution in [3.05, 3.63) is 90.0 Å². The minimum atomic E-state index is -4.95. The van der Waals surface area contributed by atoms with Gasteiger partial charge in [0, 0.05) is 19.2 Å². The molecule has 1 heterocycles. The maximum Gasteiger partial charge on any atom is 0.573 e. The van der Waals surface area contributed by atoms with Crippen molar-refractivity contribution < 1.29 is 50.9 Å². The molecule has 3 atom stereocenters. The first-order valence-electron chi connectivity index (χ1n) is 14.7. The van der Waals surface area contributed by atoms with Gasteiger partial charge in [0.15, 0.2) is 6.10 Å². The highest BCUT2D eigenvalue weighted by Crippen LogP contribution is 2.29. The first kappa shape index (κ1) is 35.7. The molecule has 11 nitrogen and oxygen atoms in total. The van der Waals surface area contributed by atoms with Crippen LogP contribution >= 0.6 is 0 Å². The van der Waals surface area contributed by atoms with Gasteiger partial charge in [0.05, 0.1) is 35.9 Å². The number of carbonyl (C=O) groups excluding carboxylic acids is 2. The van der Waals surface area contributed by atoms with E-state index in [2.05, 4.69) is 10.1 Å². The lowest BCUT2D eigenvalue weighted by Gasteiger charge is -2.31. The van der Waals surface area contributed by atoms with E-state index in [1.54, 1.807) is 30.3 Å². The summed E-state index contributed by atoms with van der Waals surface area (Å²) in [6, 6.07) is 18.2. The number of nitrogens with one attached hydrogen (secondary N) is 1. The van der Waals surface area contributed by atoms with Crippen molar-refractivity contribution in [2.75, 3.05) is 24.5 Å². The van der Waals surface area contributed by atoms with Gasteiger partial charge in [0.25, 0.3) is 5.91 Å². The second kappa shape index (κ2) is 15.2. The van der Waals surface area contributed by atoms with Crippen LogP contribution in [0.3, 0.4) is 0 Å². The Morgan fingerprint density at radius 2 is 1.72 bits per heavy atom. The van der Waals surface area contributed by atoms with E-state index in [0.717, 1.165) is 26.9 Å². The van der Waals surface area contributed by atoms with Gasteiger partial charge in [0.1, 0.15) is 5.75 Å². The van der Waals surface area contributed by atoms with Gasteiger partial charge in [-0.05, 0) is 47.7 Å². The zero-order valence-electron chi connectivity index (χ0n) is 25.6. The molecule has 3 aromatic rings. The van der Waals surface area contributed by atoms with Gasteiger partial charge < -0.3 is 25.0 Å². The van der Waals surface area contributed by atoms with E-state index in [4.69, 9.17) is 4.74 Å². The standard InChI is InChI=1S/C32H36F3N3O8S/c1-21(2)17-37(47(43,44)26-13-11-23(20-39)12-14-26)18-28(40)27(15-22-7-4-3-5-8-22)36-30(41)29-19-38(31(42)45-29)24-9-6-10-25(16-24)46-32(33,34)35/h3-14,16,21,27-29,39-40H,15,17-20H2,1-2H3,(H,36,41)/t27-,28+,29-/m0/s1. The number of nitrogens with zero attached hydrogens (tertiary/aromatic N) is 2. The number of cyclic esters (lactones) is 1. The van der Waals surface area contributed by atoms with Crippen molar-refractivity contribution >= 4 is 27.7 Å². The van der Waals surface area contributed by atoms with E-state index >= 15 is 0 Å². The molecule has 0 radical (unpaired) electrons. The van der Waals surface area contributed by atoms with E-state index in [1.807, 2.05) is 13.8 Å². The Labute approximate surface area is 270 Å². The number of alkyl halides is 3. The number of anilines is 1. The first-order valence-corrected chi connectivity index (χ1v) is 16.2. The molecule has 0 aliphatic carbocycles. The Balaban J connectivity index is 1.54. The maximum atomic E-state index is 13.7. The number of hydrogen-bond donors (Lipinski definition) is 3. The van der Waals surface area contributed by atoms with Gasteiger partial charge >= 0.3 is 12.5 Å². The van der Waals surface area contributed by atoms with Crippen LogP contribution in [0.5, 0.6) is 5.75 Å². The van der Waals surface area contributed by atoms with Crippen LogP contribution < -0.4 is 15.0 Å². The van der Waals surface area contributed by atoms with Crippen molar-refractivity contribution in [1.82, 2.24) is 9.62 Å². The van der Waals surface area contributed by atoms with Crippen LogP contribution in [0.2, 0.25) is 0 Å². The molecule has 15 heteroatoms. The fourth-order valence-electron chi connectivity index (χ4n) is 5.02. The van der Waals surface area contributed by atoms with Crippen molar-refractivity contribution in [1.29, 1.82) is 0 Å². The van der Waals surface area contributed by atoms with E-state index < -0.39 is 52.4 Å². The Morgan fingerprint density at radius 3 is 2.34 bits per heavy atom. The number of halogens is 3. The van der Waals surface area contributed by atoms with Gasteiger partial charge in [0.2, 0.25) is 10.0 Å². The molecule has 0 saturated carbocycles. The molecule has 254 valence electrons. The van der Waals surface area contributed by atoms with Crippen molar-refractivity contribution in [2.24, 2.45) is 5.92 Å². The summed E-state index contributed by atoms with van der Waals surface area (Å²) in [6.07, 6.45) is -8.64. The Morgan fingerprint density at radius 1 is 1.04 bits per heavy atom. The predicted molar refractivity (Wildman–Crippen MR) is 165 cm³/mol. The smallest absolute Gasteiger partial charge is 0.434 e. The Bertz CT molecular complexity index is 1620. The molecule has 4 rings (SSSR count). The summed E-state index contributed by atoms with van der Waals surface area (Å²) < 4.78 is 75.7. The summed E-state index contributed by atoms with van der Waals surface area (Å²) in [5.74, 6) is -1.48. The fourth-order valence-corrected chi connectivity index (χ4v) is 6.64. The first-order chi connectivity index (χ1) is 22.2. The van der Waals surface area contributed by atoms with Crippen LogP contribution in [0, 0.1) is 5.92 Å². The monoisotopic (exact) mass is 679 g/mol. The average molecular weight is 680 g/mol. The summed E-state index contributed by atoms with van der Waals surface area (Å²) in [7, 11) is -4.10. The number of rotatable bonds is 14. The molecule has 1 aliphatic rings. The van der Waals surface area contributed by atoms with E-state index in [1.165, 1.54) is 36.4 Å². The lowest BCUT2D eigenvalue weighted by molar-refractivity contribution is -0.274. The molecular weight excluding hydrogens is 643 g/mol. The summed E-state index contributed by atoms with van der Waals surface area (Å²) in [5.41, 5.74) is 1.26. The summed E-state index contributed by atoms with van der Waals surface area (Å²) in [6.45, 7) is 2.70. The number of aliphatic hydroxyl groups excluding tert-OH is 2. The van der Waals surface area contributed by atoms with E-state index in [9.17, 15) is 41.4 Å². The average Bonchev–Trinajstić information content (AvgIpc) is 3.41. The number of hydrogen-bond acceptors (Lipinski definition) is 8. The quantitative estimate of drug-likeness (QED) is 0.233. The summed E-state index contributed by atoms with van der Waals surface area (Å²) >= 11 is 0. The van der Waals surface area contributed by atoms with Crippen LogP contribution in [0.25, 0.3) is 0 Å². The molecule has 0 spiro atoms. The van der Waals surface area contributed by atoms with E-state index in [-0.39, 0.29) is 49.2 Å². The SMILES string of the molecule is CC(C)CN(C[C@@H](O)[C@H](Cc1ccccc1)NC(=O)[C@@H]1CN(c2cccc(OC(F)(F)F)c2)C(=O)O1)S(=O)(=O)c1ccc(CO)cc1. The summed E-state index contributed by atoms with van der Waals surface area (Å²) in [5, 5.41) is 23.5. The molecule has 1 saturated heterocycles. The number of carbonyl (C=O) groups is 2. The minimum Gasteiger partial charge on any atom is -0.434 e. The third kappa shape index (κ3) is 9.67. The molecule has 1 fully saturated rings. The maximum absolute atomic E-state index is 13.7. The van der Waals surface area contributed by atoms with Gasteiger partial charge in [-0.3, -0.25) is 9.69 Å². The normalized spacial score (nSPS) is 16.7. The number of ether oxygens (including phenoxy) is 2. The Kier molecular flexibility index (Phi) is 11.5. The molecule has 3 N–H and O–H groups in total. The Hall–Kier alpha value is -4.18. The topological polar surface area (TPSA) is 146 Å². The molecule has 3 aromatic carbocycles. The minimum absolute atomic E-state index is 0.00877. The molecule has 2 amide bonds. The predicted octanol–water partition coefficient (Wildman–Crippen LogP) is 3.84. The number of aliphatic hydroxyl groups is 2. The zero-order chi connectivity index (χ0) is 34.4. The third-order valence-corrected chi connectivity index (χ3v) is 9.11. The van der Waals surface area contributed by atoms with Gasteiger partial charge in [-0.2, -0.15) is 4.31 Å². The highest BCUT2D eigenvalue weighted by Gasteiger charge is 2.40. The zero-order valence-corrected chi connectivity index (χ0v) is 26.4. The van der Waals surface area contributed by atoms with Crippen molar-refractivity contribution in [3.8, 4) is 5.75 Å². The van der Waals surface area contributed by atoms with Crippen molar-refractivity contribution in [3.63, 3.8) is 0 Å². The van der Waals surface area contributed by atoms with Crippen LogP contribution in [0.1, 0.15) is 25.0 Å². The molecular formula is C32H36F3N3O8S. The lowest BCUT2D eigenvalue weighted by Crippen LogP contribution is -2.53. The fraction of sp³-hybridized carbons (Fsp3) is 0.375. The highest BCUT2D eigenvalue weighted by atomic mass is 32.2. The second-order valence-corrected chi connectivity index (χ2v) is 13.4. The number of benzene rings is 3. The van der Waals surface area contributed by atoms with Crippen LogP contribution in [-0.2, 0) is 32.6 Å². The third-order valence-electron chi connectivity index (χ3n) is 7.26. The highest BCUT2D eigenvalue weighted by molar-refractivity contribution is 7.89.